The molecule has 1 aromatic carbocycles. The maximum Gasteiger partial charge on any atom is 0.0212 e. The van der Waals surface area contributed by atoms with E-state index in [4.69, 9.17) is 5.73 Å². The van der Waals surface area contributed by atoms with E-state index in [0.29, 0.717) is 0 Å². The van der Waals surface area contributed by atoms with Crippen LogP contribution < -0.4 is 5.73 Å². The lowest BCUT2D eigenvalue weighted by Gasteiger charge is -2.29. The Morgan fingerprint density at radius 1 is 1.33 bits per heavy atom. The Kier molecular flexibility index (Phi) is 5.22. The normalized spacial score (nSPS) is 18.2. The van der Waals surface area contributed by atoms with Gasteiger partial charge in [0.2, 0.25) is 0 Å². The Labute approximate surface area is 119 Å². The number of hydrogen-bond donors (Lipinski definition) is 1. The molecule has 1 heterocycles. The number of rotatable bonds is 4. The minimum Gasteiger partial charge on any atom is -0.330 e. The van der Waals surface area contributed by atoms with E-state index in [0.717, 1.165) is 25.3 Å². The summed E-state index contributed by atoms with van der Waals surface area (Å²) in [6.45, 7) is 3.20. The van der Waals surface area contributed by atoms with Crippen LogP contribution in [-0.4, -0.2) is 31.6 Å². The molecular weight excluding hydrogens is 288 g/mol. The summed E-state index contributed by atoms with van der Waals surface area (Å²) in [6.07, 6.45) is 4.71. The van der Waals surface area contributed by atoms with Crippen molar-refractivity contribution in [1.82, 2.24) is 4.90 Å². The minimum absolute atomic E-state index is 0.721. The third kappa shape index (κ3) is 3.56. The highest BCUT2D eigenvalue weighted by Crippen LogP contribution is 2.33. The molecule has 1 aliphatic rings. The fourth-order valence-electron chi connectivity index (χ4n) is 2.68. The SMILES string of the molecule is CN1CCC(c2ccc(CCCN)cc2Br)CC1. The van der Waals surface area contributed by atoms with Gasteiger partial charge < -0.3 is 10.6 Å². The van der Waals surface area contributed by atoms with Crippen molar-refractivity contribution in [2.75, 3.05) is 26.7 Å². The highest BCUT2D eigenvalue weighted by molar-refractivity contribution is 9.10. The predicted octanol–water partition coefficient (Wildman–Crippen LogP) is 3.15. The molecule has 0 saturated carbocycles. The second kappa shape index (κ2) is 6.69. The van der Waals surface area contributed by atoms with Gasteiger partial charge in [-0.3, -0.25) is 0 Å². The molecule has 0 aliphatic carbocycles. The number of piperidine rings is 1. The van der Waals surface area contributed by atoms with Gasteiger partial charge in [-0.25, -0.2) is 0 Å². The summed E-state index contributed by atoms with van der Waals surface area (Å²) in [6, 6.07) is 6.86. The molecule has 2 N–H and O–H groups in total. The molecule has 1 aliphatic heterocycles. The van der Waals surface area contributed by atoms with Gasteiger partial charge in [-0.15, -0.1) is 0 Å². The first-order valence-electron chi connectivity index (χ1n) is 6.87. The largest absolute Gasteiger partial charge is 0.330 e. The van der Waals surface area contributed by atoms with Crippen molar-refractivity contribution in [2.24, 2.45) is 5.73 Å². The summed E-state index contributed by atoms with van der Waals surface area (Å²) in [4.78, 5) is 2.42. The molecule has 0 atom stereocenters. The van der Waals surface area contributed by atoms with Gasteiger partial charge >= 0.3 is 0 Å². The second-order valence-corrected chi connectivity index (χ2v) is 6.18. The highest BCUT2D eigenvalue weighted by Gasteiger charge is 2.20. The molecule has 0 unspecified atom stereocenters. The Balaban J connectivity index is 2.05. The fourth-order valence-corrected chi connectivity index (χ4v) is 3.43. The first-order chi connectivity index (χ1) is 8.70. The van der Waals surface area contributed by atoms with E-state index in [-0.39, 0.29) is 0 Å². The van der Waals surface area contributed by atoms with E-state index in [1.54, 1.807) is 0 Å². The highest BCUT2D eigenvalue weighted by atomic mass is 79.9. The average Bonchev–Trinajstić information content (AvgIpc) is 2.38. The number of nitrogens with two attached hydrogens (primary N) is 1. The van der Waals surface area contributed by atoms with Crippen molar-refractivity contribution < 1.29 is 0 Å². The third-order valence-corrected chi connectivity index (χ3v) is 4.58. The van der Waals surface area contributed by atoms with Gasteiger partial charge in [0.1, 0.15) is 0 Å². The van der Waals surface area contributed by atoms with Crippen LogP contribution in [0.3, 0.4) is 0 Å². The zero-order chi connectivity index (χ0) is 13.0. The molecule has 18 heavy (non-hydrogen) atoms. The summed E-state index contributed by atoms with van der Waals surface area (Å²) in [5.41, 5.74) is 8.44. The number of aryl methyl sites for hydroxylation is 1. The van der Waals surface area contributed by atoms with Crippen molar-refractivity contribution in [1.29, 1.82) is 0 Å². The Bertz CT molecular complexity index is 384. The van der Waals surface area contributed by atoms with Crippen molar-refractivity contribution in [3.8, 4) is 0 Å². The molecule has 0 radical (unpaired) electrons. The molecule has 0 amide bonds. The quantitative estimate of drug-likeness (QED) is 0.925. The number of likely N-dealkylation sites (tertiary alicyclic amines) is 1. The zero-order valence-electron chi connectivity index (χ0n) is 11.2. The maximum atomic E-state index is 5.56. The topological polar surface area (TPSA) is 29.3 Å². The lowest BCUT2D eigenvalue weighted by molar-refractivity contribution is 0.255. The van der Waals surface area contributed by atoms with Gasteiger partial charge in [0.25, 0.3) is 0 Å². The lowest BCUT2D eigenvalue weighted by Crippen LogP contribution is -2.29. The molecular formula is C15H23BrN2. The molecule has 2 rings (SSSR count). The molecule has 1 fully saturated rings. The van der Waals surface area contributed by atoms with Gasteiger partial charge in [0.05, 0.1) is 0 Å². The summed E-state index contributed by atoms with van der Waals surface area (Å²) in [7, 11) is 2.21. The van der Waals surface area contributed by atoms with E-state index in [9.17, 15) is 0 Å². The van der Waals surface area contributed by atoms with Crippen LogP contribution in [0.15, 0.2) is 22.7 Å². The first kappa shape index (κ1) is 14.0. The van der Waals surface area contributed by atoms with Crippen LogP contribution in [0.2, 0.25) is 0 Å². The Morgan fingerprint density at radius 3 is 2.67 bits per heavy atom. The predicted molar refractivity (Wildman–Crippen MR) is 81.0 cm³/mol. The first-order valence-corrected chi connectivity index (χ1v) is 7.67. The number of halogens is 1. The van der Waals surface area contributed by atoms with Crippen LogP contribution in [-0.2, 0) is 6.42 Å². The fraction of sp³-hybridized carbons (Fsp3) is 0.600. The smallest absolute Gasteiger partial charge is 0.0212 e. The molecule has 1 saturated heterocycles. The van der Waals surface area contributed by atoms with Gasteiger partial charge in [-0.1, -0.05) is 28.1 Å². The van der Waals surface area contributed by atoms with E-state index >= 15 is 0 Å². The van der Waals surface area contributed by atoms with Crippen molar-refractivity contribution in [2.45, 2.75) is 31.6 Å². The van der Waals surface area contributed by atoms with Crippen LogP contribution in [0.1, 0.15) is 36.3 Å². The van der Waals surface area contributed by atoms with Crippen molar-refractivity contribution in [3.05, 3.63) is 33.8 Å². The van der Waals surface area contributed by atoms with Crippen molar-refractivity contribution >= 4 is 15.9 Å². The molecule has 2 nitrogen and oxygen atoms in total. The van der Waals surface area contributed by atoms with E-state index in [1.807, 2.05) is 0 Å². The second-order valence-electron chi connectivity index (χ2n) is 5.33. The molecule has 0 bridgehead atoms. The van der Waals surface area contributed by atoms with Crippen LogP contribution in [0.4, 0.5) is 0 Å². The van der Waals surface area contributed by atoms with Gasteiger partial charge in [0.15, 0.2) is 0 Å². The zero-order valence-corrected chi connectivity index (χ0v) is 12.7. The molecule has 0 aromatic heterocycles. The van der Waals surface area contributed by atoms with Crippen LogP contribution >= 0.6 is 15.9 Å². The number of benzene rings is 1. The third-order valence-electron chi connectivity index (χ3n) is 3.89. The standard InChI is InChI=1S/C15H23BrN2/c1-18-9-6-13(7-10-18)14-5-4-12(3-2-8-17)11-15(14)16/h4-5,11,13H,2-3,6-10,17H2,1H3. The van der Waals surface area contributed by atoms with E-state index < -0.39 is 0 Å². The summed E-state index contributed by atoms with van der Waals surface area (Å²) < 4.78 is 1.28. The summed E-state index contributed by atoms with van der Waals surface area (Å²) >= 11 is 3.74. The van der Waals surface area contributed by atoms with Gasteiger partial charge in [-0.2, -0.15) is 0 Å². The molecule has 100 valence electrons. The summed E-state index contributed by atoms with van der Waals surface area (Å²) in [5.74, 6) is 0.721. The molecule has 3 heteroatoms. The molecule has 0 spiro atoms. The number of nitrogens with zero attached hydrogens (tertiary/aromatic N) is 1. The maximum absolute atomic E-state index is 5.56. The van der Waals surface area contributed by atoms with E-state index in [2.05, 4.69) is 46.1 Å². The van der Waals surface area contributed by atoms with E-state index in [1.165, 1.54) is 41.5 Å². The Hall–Kier alpha value is -0.380. The summed E-state index contributed by atoms with van der Waals surface area (Å²) in [5, 5.41) is 0. The monoisotopic (exact) mass is 310 g/mol. The van der Waals surface area contributed by atoms with Crippen molar-refractivity contribution in [3.63, 3.8) is 0 Å². The molecule has 1 aromatic rings. The van der Waals surface area contributed by atoms with Crippen LogP contribution in [0, 0.1) is 0 Å². The van der Waals surface area contributed by atoms with Crippen LogP contribution in [0.5, 0.6) is 0 Å². The van der Waals surface area contributed by atoms with Gasteiger partial charge in [0, 0.05) is 4.47 Å². The van der Waals surface area contributed by atoms with Gasteiger partial charge in [-0.05, 0) is 75.5 Å². The Morgan fingerprint density at radius 2 is 2.06 bits per heavy atom. The average molecular weight is 311 g/mol. The number of hydrogen-bond acceptors (Lipinski definition) is 2. The van der Waals surface area contributed by atoms with Crippen LogP contribution in [0.25, 0.3) is 0 Å². The lowest BCUT2D eigenvalue weighted by atomic mass is 9.89. The minimum atomic E-state index is 0.721.